The van der Waals surface area contributed by atoms with Gasteiger partial charge in [-0.3, -0.25) is 0 Å². The zero-order chi connectivity index (χ0) is 14.5. The molecule has 0 aliphatic heterocycles. The molecule has 20 heavy (non-hydrogen) atoms. The molecule has 0 fully saturated rings. The number of carbonyl (C=O) groups is 1. The number of hydrogen-bond acceptors (Lipinski definition) is 3. The van der Waals surface area contributed by atoms with Crippen LogP contribution in [0.15, 0.2) is 48.2 Å². The minimum Gasteiger partial charge on any atom is -0.399 e. The Kier molecular flexibility index (Phi) is 4.42. The Balaban J connectivity index is 1.87. The number of nitrogens with zero attached hydrogens (tertiary/aromatic N) is 1. The van der Waals surface area contributed by atoms with E-state index in [1.807, 2.05) is 26.2 Å². The van der Waals surface area contributed by atoms with Crippen molar-refractivity contribution >= 4 is 17.4 Å². The number of allylic oxidation sites excluding steroid dienone is 1. The number of carbonyl (C=O) groups excluding carboxylic acids is 1. The first-order valence-electron chi connectivity index (χ1n) is 6.53. The molecule has 1 atom stereocenters. The van der Waals surface area contributed by atoms with Crippen molar-refractivity contribution in [1.29, 1.82) is 0 Å². The van der Waals surface area contributed by atoms with E-state index < -0.39 is 0 Å². The van der Waals surface area contributed by atoms with Gasteiger partial charge in [-0.15, -0.1) is 0 Å². The Morgan fingerprint density at radius 2 is 1.95 bits per heavy atom. The van der Waals surface area contributed by atoms with Crippen LogP contribution in [-0.2, 0) is 0 Å². The largest absolute Gasteiger partial charge is 0.399 e. The van der Waals surface area contributed by atoms with E-state index in [9.17, 15) is 4.79 Å². The summed E-state index contributed by atoms with van der Waals surface area (Å²) in [5, 5.41) is 5.58. The highest BCUT2D eigenvalue weighted by Crippen LogP contribution is 2.13. The molecule has 0 saturated heterocycles. The molecule has 0 spiro atoms. The molecule has 0 bridgehead atoms. The van der Waals surface area contributed by atoms with Crippen molar-refractivity contribution in [1.82, 2.24) is 10.2 Å². The highest BCUT2D eigenvalue weighted by Gasteiger charge is 2.11. The number of nitrogens with one attached hydrogen (secondary N) is 2. The standard InChI is InChI=1S/C15H20N4O/c1-19(2)14-9-7-13(8-10-14)18-15(20)17-12-5-3-11(16)4-6-12/h3-9,14H,10,16H2,1-2H3,(H2,17,18,20). The fraction of sp³-hybridized carbons (Fsp3) is 0.267. The highest BCUT2D eigenvalue weighted by molar-refractivity contribution is 5.90. The van der Waals surface area contributed by atoms with Crippen LogP contribution in [0.2, 0.25) is 0 Å². The van der Waals surface area contributed by atoms with Gasteiger partial charge in [0.2, 0.25) is 0 Å². The summed E-state index contributed by atoms with van der Waals surface area (Å²) in [5.41, 5.74) is 7.79. The lowest BCUT2D eigenvalue weighted by Gasteiger charge is -2.23. The Labute approximate surface area is 119 Å². The molecule has 0 saturated carbocycles. The first-order valence-corrected chi connectivity index (χ1v) is 6.53. The van der Waals surface area contributed by atoms with Gasteiger partial charge < -0.3 is 21.3 Å². The van der Waals surface area contributed by atoms with Crippen LogP contribution in [0.4, 0.5) is 16.2 Å². The van der Waals surface area contributed by atoms with Gasteiger partial charge in [-0.1, -0.05) is 12.2 Å². The molecule has 1 aliphatic rings. The molecule has 2 amide bonds. The minimum atomic E-state index is -0.256. The summed E-state index contributed by atoms with van der Waals surface area (Å²) >= 11 is 0. The SMILES string of the molecule is CN(C)C1C=CC(NC(=O)Nc2ccc(N)cc2)=CC1. The van der Waals surface area contributed by atoms with Gasteiger partial charge in [-0.05, 0) is 50.9 Å². The van der Waals surface area contributed by atoms with Crippen molar-refractivity contribution in [3.05, 3.63) is 48.2 Å². The van der Waals surface area contributed by atoms with Gasteiger partial charge in [0.05, 0.1) is 0 Å². The van der Waals surface area contributed by atoms with E-state index in [1.54, 1.807) is 24.3 Å². The van der Waals surface area contributed by atoms with Gasteiger partial charge in [-0.2, -0.15) is 0 Å². The van der Waals surface area contributed by atoms with E-state index in [1.165, 1.54) is 0 Å². The molecule has 5 heteroatoms. The Morgan fingerprint density at radius 3 is 2.50 bits per heavy atom. The van der Waals surface area contributed by atoms with Crippen molar-refractivity contribution in [3.63, 3.8) is 0 Å². The summed E-state index contributed by atoms with van der Waals surface area (Å²) in [4.78, 5) is 14.0. The molecule has 1 aromatic carbocycles. The van der Waals surface area contributed by atoms with E-state index in [0.717, 1.165) is 12.1 Å². The number of urea groups is 1. The maximum absolute atomic E-state index is 11.8. The zero-order valence-corrected chi connectivity index (χ0v) is 11.8. The van der Waals surface area contributed by atoms with Crippen molar-refractivity contribution in [2.24, 2.45) is 0 Å². The first kappa shape index (κ1) is 14.1. The molecular formula is C15H20N4O. The predicted molar refractivity (Wildman–Crippen MR) is 82.3 cm³/mol. The number of nitrogen functional groups attached to an aromatic ring is 1. The zero-order valence-electron chi connectivity index (χ0n) is 11.8. The second kappa shape index (κ2) is 6.25. The van der Waals surface area contributed by atoms with Crippen molar-refractivity contribution < 1.29 is 4.79 Å². The average molecular weight is 272 g/mol. The van der Waals surface area contributed by atoms with Crippen LogP contribution < -0.4 is 16.4 Å². The summed E-state index contributed by atoms with van der Waals surface area (Å²) < 4.78 is 0. The lowest BCUT2D eigenvalue weighted by molar-refractivity contribution is 0.254. The summed E-state index contributed by atoms with van der Waals surface area (Å²) in [6.07, 6.45) is 6.92. The second-order valence-corrected chi connectivity index (χ2v) is 4.99. The summed E-state index contributed by atoms with van der Waals surface area (Å²) in [6, 6.07) is 7.16. The number of nitrogens with two attached hydrogens (primary N) is 1. The van der Waals surface area contributed by atoms with Crippen LogP contribution in [0.3, 0.4) is 0 Å². The topological polar surface area (TPSA) is 70.4 Å². The molecular weight excluding hydrogens is 252 g/mol. The molecule has 1 aliphatic carbocycles. The molecule has 4 N–H and O–H groups in total. The molecule has 0 heterocycles. The maximum Gasteiger partial charge on any atom is 0.323 e. The van der Waals surface area contributed by atoms with E-state index in [4.69, 9.17) is 5.73 Å². The fourth-order valence-corrected chi connectivity index (χ4v) is 1.94. The first-order chi connectivity index (χ1) is 9.54. The van der Waals surface area contributed by atoms with Gasteiger partial charge >= 0.3 is 6.03 Å². The van der Waals surface area contributed by atoms with Crippen LogP contribution >= 0.6 is 0 Å². The van der Waals surface area contributed by atoms with Crippen molar-refractivity contribution in [2.75, 3.05) is 25.1 Å². The minimum absolute atomic E-state index is 0.256. The van der Waals surface area contributed by atoms with Crippen molar-refractivity contribution in [3.8, 4) is 0 Å². The van der Waals surface area contributed by atoms with Crippen LogP contribution in [0.5, 0.6) is 0 Å². The van der Waals surface area contributed by atoms with Crippen LogP contribution in [0.25, 0.3) is 0 Å². The lowest BCUT2D eigenvalue weighted by atomic mass is 10.1. The van der Waals surface area contributed by atoms with Gasteiger partial charge in [0.15, 0.2) is 0 Å². The fourth-order valence-electron chi connectivity index (χ4n) is 1.94. The molecule has 2 rings (SSSR count). The van der Waals surface area contributed by atoms with Crippen molar-refractivity contribution in [2.45, 2.75) is 12.5 Å². The third-order valence-electron chi connectivity index (χ3n) is 3.17. The number of anilines is 2. The van der Waals surface area contributed by atoms with Crippen LogP contribution in [0, 0.1) is 0 Å². The molecule has 0 radical (unpaired) electrons. The quantitative estimate of drug-likeness (QED) is 0.738. The van der Waals surface area contributed by atoms with Gasteiger partial charge in [0.25, 0.3) is 0 Å². The Bertz CT molecular complexity index is 531. The van der Waals surface area contributed by atoms with E-state index >= 15 is 0 Å². The lowest BCUT2D eigenvalue weighted by Crippen LogP contribution is -2.31. The summed E-state index contributed by atoms with van der Waals surface area (Å²) in [6.45, 7) is 0. The number of amides is 2. The van der Waals surface area contributed by atoms with Crippen LogP contribution in [-0.4, -0.2) is 31.1 Å². The highest BCUT2D eigenvalue weighted by atomic mass is 16.2. The number of likely N-dealkylation sites (N-methyl/N-ethyl adjacent to an activating group) is 1. The summed E-state index contributed by atoms with van der Waals surface area (Å²) in [7, 11) is 4.07. The molecule has 5 nitrogen and oxygen atoms in total. The van der Waals surface area contributed by atoms with E-state index in [2.05, 4.69) is 21.6 Å². The van der Waals surface area contributed by atoms with Gasteiger partial charge in [-0.25, -0.2) is 4.79 Å². The number of rotatable bonds is 3. The van der Waals surface area contributed by atoms with Gasteiger partial charge in [0, 0.05) is 23.1 Å². The Hall–Kier alpha value is -2.27. The van der Waals surface area contributed by atoms with Gasteiger partial charge in [0.1, 0.15) is 0 Å². The summed E-state index contributed by atoms with van der Waals surface area (Å²) in [5.74, 6) is 0. The monoisotopic (exact) mass is 272 g/mol. The Morgan fingerprint density at radius 1 is 1.25 bits per heavy atom. The molecule has 106 valence electrons. The molecule has 0 aromatic heterocycles. The smallest absolute Gasteiger partial charge is 0.323 e. The normalized spacial score (nSPS) is 17.8. The molecule has 1 unspecified atom stereocenters. The van der Waals surface area contributed by atoms with E-state index in [-0.39, 0.29) is 6.03 Å². The third-order valence-corrected chi connectivity index (χ3v) is 3.17. The predicted octanol–water partition coefficient (Wildman–Crippen LogP) is 2.16. The number of benzene rings is 1. The third kappa shape index (κ3) is 3.86. The second-order valence-electron chi connectivity index (χ2n) is 4.99. The average Bonchev–Trinajstić information content (AvgIpc) is 2.42. The molecule has 1 aromatic rings. The maximum atomic E-state index is 11.8. The van der Waals surface area contributed by atoms with Crippen LogP contribution in [0.1, 0.15) is 6.42 Å². The van der Waals surface area contributed by atoms with E-state index in [0.29, 0.717) is 17.4 Å². The number of hydrogen-bond donors (Lipinski definition) is 3.